The van der Waals surface area contributed by atoms with Gasteiger partial charge in [0.05, 0.1) is 26.4 Å². The van der Waals surface area contributed by atoms with Gasteiger partial charge in [0.1, 0.15) is 25.4 Å². The number of hydrogen-bond acceptors (Lipinski definition) is 14. The van der Waals surface area contributed by atoms with Gasteiger partial charge >= 0.3 is 33.6 Å². The second-order valence-corrected chi connectivity index (χ2v) is 23.0. The van der Waals surface area contributed by atoms with Gasteiger partial charge in [0.15, 0.2) is 6.10 Å². The number of allylic oxidation sites excluding steroid dienone is 12. The molecule has 5 atom stereocenters. The van der Waals surface area contributed by atoms with Crippen molar-refractivity contribution in [1.82, 2.24) is 0 Å². The van der Waals surface area contributed by atoms with Gasteiger partial charge in [0, 0.05) is 19.3 Å². The van der Waals surface area contributed by atoms with E-state index in [9.17, 15) is 43.5 Å². The van der Waals surface area contributed by atoms with E-state index in [2.05, 4.69) is 93.7 Å². The zero-order valence-corrected chi connectivity index (χ0v) is 50.8. The normalized spacial score (nSPS) is 15.0. The lowest BCUT2D eigenvalue weighted by molar-refractivity contribution is -0.161. The number of unbranched alkanes of at least 4 members (excludes halogenated alkanes) is 22. The van der Waals surface area contributed by atoms with E-state index in [1.165, 1.54) is 38.5 Å². The van der Waals surface area contributed by atoms with Gasteiger partial charge in [-0.15, -0.1) is 0 Å². The summed E-state index contributed by atoms with van der Waals surface area (Å²) in [7, 11) is -9.76. The molecule has 0 aliphatic heterocycles. The lowest BCUT2D eigenvalue weighted by atomic mass is 10.1. The van der Waals surface area contributed by atoms with Crippen molar-refractivity contribution < 1.29 is 75.8 Å². The fourth-order valence-electron chi connectivity index (χ4n) is 7.65. The molecular weight excluding hydrogens is 1050 g/mol. The summed E-state index contributed by atoms with van der Waals surface area (Å²) in [5, 5.41) is 20.4. The smallest absolute Gasteiger partial charge is 0.463 e. The first-order valence-corrected chi connectivity index (χ1v) is 33.2. The largest absolute Gasteiger partial charge is 0.472 e. The average Bonchev–Trinajstić information content (AvgIpc) is 3.42. The van der Waals surface area contributed by atoms with Crippen LogP contribution in [0.4, 0.5) is 0 Å². The number of aliphatic hydroxyl groups is 2. The number of hydrogen-bond donors (Lipinski definition) is 4. The maximum absolute atomic E-state index is 12.8. The molecule has 0 bridgehead atoms. The summed E-state index contributed by atoms with van der Waals surface area (Å²) in [4.78, 5) is 58.0. The van der Waals surface area contributed by atoms with Gasteiger partial charge in [-0.25, -0.2) is 9.13 Å². The fraction of sp³-hybridized carbons (Fsp3) is 0.754. The Labute approximate surface area is 477 Å². The third kappa shape index (κ3) is 56.6. The van der Waals surface area contributed by atoms with Crippen LogP contribution < -0.4 is 0 Å². The fourth-order valence-corrected chi connectivity index (χ4v) is 9.24. The van der Waals surface area contributed by atoms with Crippen LogP contribution in [0.25, 0.3) is 0 Å². The Morgan fingerprint density at radius 3 is 1.10 bits per heavy atom. The van der Waals surface area contributed by atoms with E-state index in [1.54, 1.807) is 0 Å². The van der Waals surface area contributed by atoms with Crippen molar-refractivity contribution in [2.45, 2.75) is 257 Å². The Balaban J connectivity index is 4.61. The molecule has 0 aliphatic rings. The predicted molar refractivity (Wildman–Crippen MR) is 316 cm³/mol. The highest BCUT2D eigenvalue weighted by molar-refractivity contribution is 7.47. The van der Waals surface area contributed by atoms with E-state index in [0.717, 1.165) is 141 Å². The van der Waals surface area contributed by atoms with Gasteiger partial charge < -0.3 is 34.2 Å². The molecule has 4 N–H and O–H groups in total. The van der Waals surface area contributed by atoms with Crippen molar-refractivity contribution in [3.63, 3.8) is 0 Å². The number of carbonyl (C=O) groups excluding carboxylic acids is 3. The maximum atomic E-state index is 12.8. The van der Waals surface area contributed by atoms with Crippen LogP contribution in [0.15, 0.2) is 72.9 Å². The molecule has 0 fully saturated rings. The van der Waals surface area contributed by atoms with E-state index in [4.69, 9.17) is 32.3 Å². The summed E-state index contributed by atoms with van der Waals surface area (Å²) in [6.07, 6.45) is 54.1. The second-order valence-electron chi connectivity index (χ2n) is 20.1. The summed E-state index contributed by atoms with van der Waals surface area (Å²) < 4.78 is 60.5. The Morgan fingerprint density at radius 2 is 0.671 bits per heavy atom. The molecule has 0 rings (SSSR count). The third-order valence-electron chi connectivity index (χ3n) is 12.4. The Morgan fingerprint density at radius 1 is 0.354 bits per heavy atom. The monoisotopic (exact) mass is 1160 g/mol. The Kier molecular flexibility index (Phi) is 53.4. The van der Waals surface area contributed by atoms with Crippen molar-refractivity contribution >= 4 is 33.6 Å². The molecule has 18 heteroatoms. The molecule has 5 unspecified atom stereocenters. The quantitative estimate of drug-likeness (QED) is 0.0146. The molecule has 0 radical (unpaired) electrons. The molecule has 79 heavy (non-hydrogen) atoms. The summed E-state index contributed by atoms with van der Waals surface area (Å²) >= 11 is 0. The molecule has 0 saturated heterocycles. The lowest BCUT2D eigenvalue weighted by Crippen LogP contribution is -2.30. The summed E-state index contributed by atoms with van der Waals surface area (Å²) in [5.74, 6) is -1.61. The first kappa shape index (κ1) is 76.0. The molecule has 0 aromatic heterocycles. The topological polar surface area (TPSA) is 231 Å². The van der Waals surface area contributed by atoms with Crippen LogP contribution >= 0.6 is 15.6 Å². The molecule has 0 aliphatic carbocycles. The standard InChI is InChI=1S/C61H108O16P2/c1-4-7-10-13-16-19-22-24-25-26-27-28-29-31-34-35-38-41-44-47-59(64)71-50-56(62)51-73-78(67,68)74-52-57(63)53-75-79(69,70)76-55-58(77-61(66)49-46-43-40-37-32-21-18-15-12-9-6-3)54-72-60(65)48-45-42-39-36-33-30-23-20-17-14-11-8-5-2/h11,14-16,18-20,23-25,27-28,56-58,62-63H,4-10,12-13,17,21-22,26,29-55H2,1-3H3,(H,67,68)(H,69,70)/b14-11-,18-15-,19-16-,23-20-,25-24-,28-27-. The van der Waals surface area contributed by atoms with Gasteiger partial charge in [0.25, 0.3) is 0 Å². The molecule has 0 saturated carbocycles. The van der Waals surface area contributed by atoms with E-state index in [1.807, 2.05) is 0 Å². The van der Waals surface area contributed by atoms with Crippen LogP contribution in [-0.4, -0.2) is 95.9 Å². The number of phosphoric acid groups is 2. The van der Waals surface area contributed by atoms with Crippen molar-refractivity contribution in [2.75, 3.05) is 39.6 Å². The molecule has 0 aromatic rings. The molecule has 0 spiro atoms. The van der Waals surface area contributed by atoms with Gasteiger partial charge in [-0.3, -0.25) is 32.5 Å². The zero-order chi connectivity index (χ0) is 58.2. The van der Waals surface area contributed by atoms with Crippen molar-refractivity contribution in [1.29, 1.82) is 0 Å². The van der Waals surface area contributed by atoms with Crippen molar-refractivity contribution in [3.8, 4) is 0 Å². The maximum Gasteiger partial charge on any atom is 0.472 e. The Bertz CT molecular complexity index is 1750. The summed E-state index contributed by atoms with van der Waals surface area (Å²) in [5.41, 5.74) is 0. The molecule has 0 amide bonds. The SMILES string of the molecule is CCC/C=C\C/C=C\CCCCCCCC(=O)OCC(COP(=O)(O)OCC(O)COP(=O)(O)OCC(O)COC(=O)CCCCCCCC/C=C\C/C=C\C/C=C\CCCCC)OC(=O)CCCCCCC/C=C\CCCC. The van der Waals surface area contributed by atoms with E-state index in [0.29, 0.717) is 19.3 Å². The number of aliphatic hydroxyl groups excluding tert-OH is 2. The molecular formula is C61H108O16P2. The molecule has 0 heterocycles. The van der Waals surface area contributed by atoms with Gasteiger partial charge in [0.2, 0.25) is 0 Å². The van der Waals surface area contributed by atoms with Crippen LogP contribution in [0.1, 0.15) is 239 Å². The number of phosphoric ester groups is 2. The minimum Gasteiger partial charge on any atom is -0.463 e. The highest BCUT2D eigenvalue weighted by Gasteiger charge is 2.29. The number of ether oxygens (including phenoxy) is 3. The van der Waals surface area contributed by atoms with Gasteiger partial charge in [-0.1, -0.05) is 190 Å². The first-order chi connectivity index (χ1) is 38.2. The van der Waals surface area contributed by atoms with Crippen molar-refractivity contribution in [3.05, 3.63) is 72.9 Å². The molecule has 458 valence electrons. The van der Waals surface area contributed by atoms with Crippen LogP contribution in [0, 0.1) is 0 Å². The minimum atomic E-state index is -4.92. The number of carbonyl (C=O) groups is 3. The second kappa shape index (κ2) is 55.5. The molecule has 0 aromatic carbocycles. The van der Waals surface area contributed by atoms with Gasteiger partial charge in [-0.05, 0) is 103 Å². The van der Waals surface area contributed by atoms with Gasteiger partial charge in [-0.2, -0.15) is 0 Å². The molecule has 16 nitrogen and oxygen atoms in total. The summed E-state index contributed by atoms with van der Waals surface area (Å²) in [6, 6.07) is 0. The van der Waals surface area contributed by atoms with Crippen LogP contribution in [0.3, 0.4) is 0 Å². The highest BCUT2D eigenvalue weighted by Crippen LogP contribution is 2.45. The van der Waals surface area contributed by atoms with Crippen LogP contribution in [0.5, 0.6) is 0 Å². The third-order valence-corrected chi connectivity index (χ3v) is 14.3. The lowest BCUT2D eigenvalue weighted by Gasteiger charge is -2.21. The van der Waals surface area contributed by atoms with E-state index < -0.39 is 91.5 Å². The van der Waals surface area contributed by atoms with E-state index in [-0.39, 0.29) is 19.3 Å². The average molecular weight is 1160 g/mol. The van der Waals surface area contributed by atoms with Crippen LogP contribution in [0.2, 0.25) is 0 Å². The predicted octanol–water partition coefficient (Wildman–Crippen LogP) is 15.6. The van der Waals surface area contributed by atoms with E-state index >= 15 is 0 Å². The Hall–Kier alpha value is -3.01. The summed E-state index contributed by atoms with van der Waals surface area (Å²) in [6.45, 7) is 2.47. The van der Waals surface area contributed by atoms with Crippen molar-refractivity contribution in [2.24, 2.45) is 0 Å². The zero-order valence-electron chi connectivity index (χ0n) is 49.0. The highest BCUT2D eigenvalue weighted by atomic mass is 31.2. The first-order valence-electron chi connectivity index (χ1n) is 30.2. The van der Waals surface area contributed by atoms with Crippen LogP contribution in [-0.2, 0) is 55.8 Å². The minimum absolute atomic E-state index is 0.0913. The number of rotatable bonds is 57. The number of esters is 3.